The molecule has 0 atom stereocenters. The number of nitrogens with zero attached hydrogens (tertiary/aromatic N) is 1. The highest BCUT2D eigenvalue weighted by molar-refractivity contribution is 5.72. The van der Waals surface area contributed by atoms with Crippen LogP contribution >= 0.6 is 0 Å². The molecule has 0 spiro atoms. The number of allylic oxidation sites excluding steroid dienone is 1. The predicted molar refractivity (Wildman–Crippen MR) is 105 cm³/mol. The van der Waals surface area contributed by atoms with Gasteiger partial charge in [-0.15, -0.1) is 6.58 Å². The molecule has 2 aromatic carbocycles. The zero-order chi connectivity index (χ0) is 21.0. The van der Waals surface area contributed by atoms with E-state index < -0.39 is 23.3 Å². The number of ether oxygens (including phenoxy) is 1. The Hall–Kier alpha value is -3.15. The number of hydrogen-bond acceptors (Lipinski definition) is 2. The molecule has 150 valence electrons. The fourth-order valence-corrected chi connectivity index (χ4v) is 2.97. The molecule has 0 fully saturated rings. The minimum Gasteiger partial charge on any atom is -0.491 e. The van der Waals surface area contributed by atoms with Gasteiger partial charge in [-0.2, -0.15) is 4.39 Å². The van der Waals surface area contributed by atoms with Crippen LogP contribution in [0.15, 0.2) is 55.3 Å². The highest BCUT2D eigenvalue weighted by Gasteiger charge is 2.21. The van der Waals surface area contributed by atoms with Crippen LogP contribution < -0.4 is 4.74 Å². The second-order valence-corrected chi connectivity index (χ2v) is 6.33. The van der Waals surface area contributed by atoms with Crippen LogP contribution in [-0.4, -0.2) is 11.6 Å². The third kappa shape index (κ3) is 4.16. The molecular formula is C23H19F4NO. The molecule has 0 aliphatic heterocycles. The molecule has 0 saturated heterocycles. The molecule has 1 heterocycles. The van der Waals surface area contributed by atoms with Crippen molar-refractivity contribution in [1.82, 2.24) is 4.98 Å². The van der Waals surface area contributed by atoms with Crippen LogP contribution in [0, 0.1) is 23.3 Å². The monoisotopic (exact) mass is 401 g/mol. The van der Waals surface area contributed by atoms with Crippen molar-refractivity contribution in [1.29, 1.82) is 0 Å². The maximum atomic E-state index is 14.7. The average molecular weight is 401 g/mol. The molecule has 0 radical (unpaired) electrons. The Bertz CT molecular complexity index is 1030. The summed E-state index contributed by atoms with van der Waals surface area (Å²) < 4.78 is 62.9. The number of benzene rings is 2. The second kappa shape index (κ2) is 8.90. The molecule has 0 unspecified atom stereocenters. The van der Waals surface area contributed by atoms with Crippen LogP contribution in [0.5, 0.6) is 5.75 Å². The van der Waals surface area contributed by atoms with Crippen LogP contribution in [0.2, 0.25) is 0 Å². The number of hydrogen-bond donors (Lipinski definition) is 0. The van der Waals surface area contributed by atoms with Crippen molar-refractivity contribution in [2.75, 3.05) is 6.61 Å². The molecule has 0 bridgehead atoms. The molecule has 6 heteroatoms. The van der Waals surface area contributed by atoms with Gasteiger partial charge in [0.2, 0.25) is 5.82 Å². The standard InChI is InChI=1S/C23H19F4NO/c1-3-5-6-15-8-7-14(13-28-15)16-9-10-17(21(25)20(16)24)18-11-12-19(29-4-2)23(27)22(18)26/h3,7-13H,1,4-6H2,2H3. The van der Waals surface area contributed by atoms with Crippen molar-refractivity contribution in [2.24, 2.45) is 0 Å². The SMILES string of the molecule is C=CCCc1ccc(-c2ccc(-c3ccc(OCC)c(F)c3F)c(F)c2F)cn1. The Morgan fingerprint density at radius 2 is 1.48 bits per heavy atom. The van der Waals surface area contributed by atoms with Gasteiger partial charge in [-0.3, -0.25) is 4.98 Å². The summed E-state index contributed by atoms with van der Waals surface area (Å²) in [7, 11) is 0. The maximum absolute atomic E-state index is 14.7. The predicted octanol–water partition coefficient (Wildman–Crippen LogP) is 6.49. The lowest BCUT2D eigenvalue weighted by molar-refractivity contribution is 0.314. The minimum atomic E-state index is -1.30. The fraction of sp³-hybridized carbons (Fsp3) is 0.174. The summed E-state index contributed by atoms with van der Waals surface area (Å²) >= 11 is 0. The van der Waals surface area contributed by atoms with Crippen LogP contribution in [0.1, 0.15) is 19.0 Å². The molecule has 3 aromatic rings. The van der Waals surface area contributed by atoms with Crippen molar-refractivity contribution < 1.29 is 22.3 Å². The topological polar surface area (TPSA) is 22.1 Å². The molecular weight excluding hydrogens is 382 g/mol. The summed E-state index contributed by atoms with van der Waals surface area (Å²) in [6.07, 6.45) is 4.68. The van der Waals surface area contributed by atoms with E-state index in [1.54, 1.807) is 25.1 Å². The maximum Gasteiger partial charge on any atom is 0.201 e. The second-order valence-electron chi connectivity index (χ2n) is 6.33. The van der Waals surface area contributed by atoms with E-state index in [1.807, 2.05) is 0 Å². The van der Waals surface area contributed by atoms with Gasteiger partial charge in [0.15, 0.2) is 23.2 Å². The highest BCUT2D eigenvalue weighted by atomic mass is 19.2. The molecule has 1 aromatic heterocycles. The van der Waals surface area contributed by atoms with Gasteiger partial charge < -0.3 is 4.74 Å². The first-order valence-electron chi connectivity index (χ1n) is 9.13. The van der Waals surface area contributed by atoms with E-state index in [2.05, 4.69) is 11.6 Å². The van der Waals surface area contributed by atoms with Gasteiger partial charge >= 0.3 is 0 Å². The van der Waals surface area contributed by atoms with E-state index >= 15 is 0 Å². The summed E-state index contributed by atoms with van der Waals surface area (Å²) in [5.41, 5.74) is 0.417. The molecule has 3 rings (SSSR count). The lowest BCUT2D eigenvalue weighted by Crippen LogP contribution is -2.01. The first-order chi connectivity index (χ1) is 14.0. The third-order valence-corrected chi connectivity index (χ3v) is 4.46. The molecule has 0 saturated carbocycles. The van der Waals surface area contributed by atoms with Gasteiger partial charge in [0.1, 0.15) is 0 Å². The van der Waals surface area contributed by atoms with Crippen molar-refractivity contribution in [2.45, 2.75) is 19.8 Å². The Morgan fingerprint density at radius 1 is 0.862 bits per heavy atom. The van der Waals surface area contributed by atoms with Gasteiger partial charge in [-0.05, 0) is 38.0 Å². The number of rotatable bonds is 7. The normalized spacial score (nSPS) is 10.8. The van der Waals surface area contributed by atoms with E-state index in [-0.39, 0.29) is 29.0 Å². The highest BCUT2D eigenvalue weighted by Crippen LogP contribution is 2.35. The van der Waals surface area contributed by atoms with E-state index in [0.29, 0.717) is 12.0 Å². The minimum absolute atomic E-state index is 0.0131. The molecule has 2 nitrogen and oxygen atoms in total. The Balaban J connectivity index is 1.98. The van der Waals surface area contributed by atoms with Crippen LogP contribution in [0.4, 0.5) is 17.6 Å². The van der Waals surface area contributed by atoms with Gasteiger partial charge in [0.25, 0.3) is 0 Å². The lowest BCUT2D eigenvalue weighted by Gasteiger charge is -2.12. The first kappa shape index (κ1) is 20.6. The Labute approximate surface area is 166 Å². The third-order valence-electron chi connectivity index (χ3n) is 4.46. The fourth-order valence-electron chi connectivity index (χ4n) is 2.97. The molecule has 0 aliphatic carbocycles. The molecule has 0 N–H and O–H groups in total. The van der Waals surface area contributed by atoms with Gasteiger partial charge in [-0.25, -0.2) is 13.2 Å². The molecule has 0 amide bonds. The van der Waals surface area contributed by atoms with E-state index in [9.17, 15) is 17.6 Å². The largest absolute Gasteiger partial charge is 0.491 e. The smallest absolute Gasteiger partial charge is 0.201 e. The van der Waals surface area contributed by atoms with Gasteiger partial charge in [0.05, 0.1) is 6.61 Å². The lowest BCUT2D eigenvalue weighted by atomic mass is 9.98. The van der Waals surface area contributed by atoms with Crippen LogP contribution in [0.25, 0.3) is 22.3 Å². The number of halogens is 4. The Morgan fingerprint density at radius 3 is 2.10 bits per heavy atom. The Kier molecular flexibility index (Phi) is 6.32. The number of aryl methyl sites for hydroxylation is 1. The van der Waals surface area contributed by atoms with Crippen molar-refractivity contribution in [3.05, 3.63) is 84.2 Å². The van der Waals surface area contributed by atoms with Crippen molar-refractivity contribution >= 4 is 0 Å². The van der Waals surface area contributed by atoms with Gasteiger partial charge in [-0.1, -0.05) is 24.3 Å². The zero-order valence-electron chi connectivity index (χ0n) is 15.8. The summed E-state index contributed by atoms with van der Waals surface area (Å²) in [5.74, 6) is -5.24. The summed E-state index contributed by atoms with van der Waals surface area (Å²) in [5, 5.41) is 0. The first-order valence-corrected chi connectivity index (χ1v) is 9.13. The summed E-state index contributed by atoms with van der Waals surface area (Å²) in [4.78, 5) is 4.24. The van der Waals surface area contributed by atoms with Crippen molar-refractivity contribution in [3.8, 4) is 28.0 Å². The van der Waals surface area contributed by atoms with E-state index in [4.69, 9.17) is 4.74 Å². The quantitative estimate of drug-likeness (QED) is 0.333. The van der Waals surface area contributed by atoms with E-state index in [0.717, 1.165) is 18.2 Å². The average Bonchev–Trinajstić information content (AvgIpc) is 2.73. The van der Waals surface area contributed by atoms with Crippen LogP contribution in [0.3, 0.4) is 0 Å². The van der Waals surface area contributed by atoms with E-state index in [1.165, 1.54) is 24.4 Å². The summed E-state index contributed by atoms with van der Waals surface area (Å²) in [6.45, 7) is 5.42. The number of aromatic nitrogens is 1. The molecule has 29 heavy (non-hydrogen) atoms. The zero-order valence-corrected chi connectivity index (χ0v) is 15.8. The number of pyridine rings is 1. The van der Waals surface area contributed by atoms with Gasteiger partial charge in [0, 0.05) is 34.1 Å². The van der Waals surface area contributed by atoms with Crippen LogP contribution in [-0.2, 0) is 6.42 Å². The van der Waals surface area contributed by atoms with Crippen molar-refractivity contribution in [3.63, 3.8) is 0 Å². The summed E-state index contributed by atoms with van der Waals surface area (Å²) in [6, 6.07) is 8.26. The molecule has 0 aliphatic rings.